The predicted octanol–water partition coefficient (Wildman–Crippen LogP) is 3.20. The van der Waals surface area contributed by atoms with Crippen LogP contribution in [0.15, 0.2) is 30.7 Å². The van der Waals surface area contributed by atoms with Crippen LogP contribution in [0, 0.1) is 6.92 Å². The van der Waals surface area contributed by atoms with Crippen LogP contribution in [0.4, 0.5) is 26.3 Å². The fraction of sp³-hybridized carbons (Fsp3) is 0.450. The number of amides is 1. The lowest BCUT2D eigenvalue weighted by Crippen LogP contribution is -2.43. The van der Waals surface area contributed by atoms with Crippen molar-refractivity contribution in [1.82, 2.24) is 19.9 Å². The lowest BCUT2D eigenvalue weighted by atomic mass is 10.1. The summed E-state index contributed by atoms with van der Waals surface area (Å²) >= 11 is 0. The van der Waals surface area contributed by atoms with Crippen molar-refractivity contribution in [2.24, 2.45) is 0 Å². The first-order valence-corrected chi connectivity index (χ1v) is 10.0. The number of aromatic amines is 1. The maximum atomic E-state index is 12.4. The van der Waals surface area contributed by atoms with Gasteiger partial charge in [-0.05, 0) is 31.4 Å². The number of imidazole rings is 1. The van der Waals surface area contributed by atoms with Crippen molar-refractivity contribution in [2.45, 2.75) is 44.8 Å². The molecule has 1 aliphatic rings. The van der Waals surface area contributed by atoms with Gasteiger partial charge in [-0.1, -0.05) is 6.07 Å². The second kappa shape index (κ2) is 13.4. The quantitative estimate of drug-likeness (QED) is 0.513. The molecule has 1 unspecified atom stereocenters. The number of aromatic nitrogens is 3. The molecule has 3 heterocycles. The van der Waals surface area contributed by atoms with Crippen molar-refractivity contribution in [3.63, 3.8) is 0 Å². The number of alkyl halides is 6. The van der Waals surface area contributed by atoms with Gasteiger partial charge in [0.25, 0.3) is 5.91 Å². The van der Waals surface area contributed by atoms with Crippen LogP contribution in [0.1, 0.15) is 34.7 Å². The molecule has 1 fully saturated rings. The number of carboxylic acid groups (broad SMARTS) is 2. The lowest BCUT2D eigenvalue weighted by molar-refractivity contribution is -0.193. The molecule has 0 bridgehead atoms. The highest BCUT2D eigenvalue weighted by Gasteiger charge is 2.38. The van der Waals surface area contributed by atoms with E-state index in [1.807, 2.05) is 24.0 Å². The molecule has 16 heteroatoms. The van der Waals surface area contributed by atoms with Crippen LogP contribution in [0.5, 0.6) is 0 Å². The number of ether oxygens (including phenoxy) is 1. The maximum absolute atomic E-state index is 12.4. The largest absolute Gasteiger partial charge is 0.490 e. The van der Waals surface area contributed by atoms with Crippen molar-refractivity contribution >= 4 is 17.8 Å². The molecule has 0 saturated carbocycles. The molecule has 10 nitrogen and oxygen atoms in total. The maximum Gasteiger partial charge on any atom is 0.490 e. The number of nitrogens with zero attached hydrogens (tertiary/aromatic N) is 3. The number of carbonyl (C=O) groups is 3. The summed E-state index contributed by atoms with van der Waals surface area (Å²) in [4.78, 5) is 43.2. The van der Waals surface area contributed by atoms with Crippen LogP contribution in [0.3, 0.4) is 0 Å². The third-order valence-electron chi connectivity index (χ3n) is 4.26. The zero-order valence-corrected chi connectivity index (χ0v) is 18.6. The van der Waals surface area contributed by atoms with Gasteiger partial charge in [-0.25, -0.2) is 14.6 Å². The molecule has 0 radical (unpaired) electrons. The van der Waals surface area contributed by atoms with Crippen LogP contribution in [0.2, 0.25) is 0 Å². The van der Waals surface area contributed by atoms with Gasteiger partial charge in [0.15, 0.2) is 5.82 Å². The Morgan fingerprint density at radius 2 is 1.69 bits per heavy atom. The minimum Gasteiger partial charge on any atom is -0.475 e. The highest BCUT2D eigenvalue weighted by molar-refractivity contribution is 5.90. The molecule has 36 heavy (non-hydrogen) atoms. The van der Waals surface area contributed by atoms with Gasteiger partial charge in [-0.2, -0.15) is 26.3 Å². The van der Waals surface area contributed by atoms with Crippen LogP contribution < -0.4 is 0 Å². The van der Waals surface area contributed by atoms with Gasteiger partial charge in [0.1, 0.15) is 0 Å². The molecule has 3 N–H and O–H groups in total. The average molecular weight is 528 g/mol. The molecule has 1 saturated heterocycles. The number of rotatable bonds is 4. The summed E-state index contributed by atoms with van der Waals surface area (Å²) in [5, 5.41) is 14.2. The summed E-state index contributed by atoms with van der Waals surface area (Å²) in [6, 6.07) is 3.89. The zero-order chi connectivity index (χ0) is 27.5. The van der Waals surface area contributed by atoms with E-state index in [1.54, 1.807) is 18.6 Å². The van der Waals surface area contributed by atoms with Gasteiger partial charge in [-0.3, -0.25) is 9.78 Å². The zero-order valence-electron chi connectivity index (χ0n) is 18.6. The highest BCUT2D eigenvalue weighted by Crippen LogP contribution is 2.17. The molecular weight excluding hydrogens is 506 g/mol. The van der Waals surface area contributed by atoms with Crippen LogP contribution >= 0.6 is 0 Å². The Kier molecular flexibility index (Phi) is 11.3. The normalized spacial score (nSPS) is 15.6. The van der Waals surface area contributed by atoms with Gasteiger partial charge >= 0.3 is 24.3 Å². The van der Waals surface area contributed by atoms with Crippen molar-refractivity contribution in [2.75, 3.05) is 13.1 Å². The predicted molar refractivity (Wildman–Crippen MR) is 109 cm³/mol. The molecule has 3 rings (SSSR count). The fourth-order valence-electron chi connectivity index (χ4n) is 2.63. The number of H-pyrrole nitrogens is 1. The number of carbonyl (C=O) groups excluding carboxylic acids is 1. The first-order valence-electron chi connectivity index (χ1n) is 10.0. The number of hydrogen-bond donors (Lipinski definition) is 3. The Balaban J connectivity index is 0.000000383. The number of aryl methyl sites for hydroxylation is 1. The van der Waals surface area contributed by atoms with Crippen LogP contribution in [0.25, 0.3) is 0 Å². The molecule has 1 amide bonds. The van der Waals surface area contributed by atoms with Gasteiger partial charge in [0.2, 0.25) is 0 Å². The van der Waals surface area contributed by atoms with E-state index < -0.39 is 24.3 Å². The number of carboxylic acids is 2. The molecule has 2 aromatic rings. The van der Waals surface area contributed by atoms with E-state index in [4.69, 9.17) is 24.5 Å². The molecule has 1 aliphatic heterocycles. The molecule has 2 aromatic heterocycles. The summed E-state index contributed by atoms with van der Waals surface area (Å²) < 4.78 is 69.4. The highest BCUT2D eigenvalue weighted by atomic mass is 19.4. The number of likely N-dealkylation sites (tertiary alicyclic amines) is 1. The number of nitrogens with one attached hydrogen (secondary N) is 1. The average Bonchev–Trinajstić information content (AvgIpc) is 3.24. The molecule has 200 valence electrons. The third kappa shape index (κ3) is 11.2. The standard InChI is InChI=1S/C16H20N4O2.2C2HF3O2/c1-12-8-18-15(19-12)16(21)20-7-3-5-14(10-20)22-11-13-4-2-6-17-9-13;2*3-2(4,5)1(6)7/h2,4,6,8-9,14H,3,5,7,10-11H2,1H3,(H,18,19);2*(H,6,7). The summed E-state index contributed by atoms with van der Waals surface area (Å²) in [6.07, 6.45) is -2.96. The molecule has 0 spiro atoms. The van der Waals surface area contributed by atoms with Gasteiger partial charge in [-0.15, -0.1) is 0 Å². The fourth-order valence-corrected chi connectivity index (χ4v) is 2.63. The minimum atomic E-state index is -5.08. The van der Waals surface area contributed by atoms with E-state index in [2.05, 4.69) is 15.0 Å². The van der Waals surface area contributed by atoms with E-state index in [0.29, 0.717) is 19.0 Å². The monoisotopic (exact) mass is 528 g/mol. The summed E-state index contributed by atoms with van der Waals surface area (Å²) in [5.74, 6) is -5.16. The molecule has 0 aliphatic carbocycles. The van der Waals surface area contributed by atoms with E-state index >= 15 is 0 Å². The number of piperidine rings is 1. The van der Waals surface area contributed by atoms with E-state index in [-0.39, 0.29) is 12.0 Å². The number of halogens is 6. The Morgan fingerprint density at radius 3 is 2.14 bits per heavy atom. The van der Waals surface area contributed by atoms with Crippen molar-refractivity contribution in [3.8, 4) is 0 Å². The van der Waals surface area contributed by atoms with Crippen LogP contribution in [-0.4, -0.2) is 79.5 Å². The Hall–Kier alpha value is -3.69. The van der Waals surface area contributed by atoms with Crippen molar-refractivity contribution in [1.29, 1.82) is 0 Å². The lowest BCUT2D eigenvalue weighted by Gasteiger charge is -2.32. The minimum absolute atomic E-state index is 0.0530. The number of pyridine rings is 1. The van der Waals surface area contributed by atoms with Gasteiger partial charge < -0.3 is 24.8 Å². The Labute approximate surface area is 199 Å². The van der Waals surface area contributed by atoms with E-state index in [1.165, 1.54) is 0 Å². The number of aliphatic carboxylic acids is 2. The Bertz CT molecular complexity index is 973. The van der Waals surface area contributed by atoms with E-state index in [0.717, 1.165) is 30.6 Å². The molecular formula is C20H22F6N4O6. The van der Waals surface area contributed by atoms with Crippen molar-refractivity contribution < 1.29 is 55.7 Å². The van der Waals surface area contributed by atoms with E-state index in [9.17, 15) is 31.1 Å². The van der Waals surface area contributed by atoms with Crippen molar-refractivity contribution in [3.05, 3.63) is 47.8 Å². The van der Waals surface area contributed by atoms with Gasteiger partial charge in [0, 0.05) is 37.4 Å². The van der Waals surface area contributed by atoms with Gasteiger partial charge in [0.05, 0.1) is 12.7 Å². The SMILES string of the molecule is Cc1cnc(C(=O)N2CCCC(OCc3cccnc3)C2)[nH]1.O=C(O)C(F)(F)F.O=C(O)C(F)(F)F. The van der Waals surface area contributed by atoms with Crippen LogP contribution in [-0.2, 0) is 20.9 Å². The summed E-state index contributed by atoms with van der Waals surface area (Å²) in [6.45, 7) is 3.78. The Morgan fingerprint density at radius 1 is 1.11 bits per heavy atom. The molecule has 1 atom stereocenters. The molecule has 0 aromatic carbocycles. The summed E-state index contributed by atoms with van der Waals surface area (Å²) in [7, 11) is 0. The topological polar surface area (TPSA) is 146 Å². The second-order valence-corrected chi connectivity index (χ2v) is 7.21. The first-order chi connectivity index (χ1) is 16.6. The smallest absolute Gasteiger partial charge is 0.475 e. The number of hydrogen-bond acceptors (Lipinski definition) is 6. The third-order valence-corrected chi connectivity index (χ3v) is 4.26. The second-order valence-electron chi connectivity index (χ2n) is 7.21. The first kappa shape index (κ1) is 30.3. The summed E-state index contributed by atoms with van der Waals surface area (Å²) in [5.41, 5.74) is 1.94.